The molecule has 1 atom stereocenters. The fourth-order valence-corrected chi connectivity index (χ4v) is 1.60. The number of hydrogen-bond acceptors (Lipinski definition) is 2. The van der Waals surface area contributed by atoms with Gasteiger partial charge in [0, 0.05) is 13.1 Å². The summed E-state index contributed by atoms with van der Waals surface area (Å²) in [5, 5.41) is 3.21. The number of nitrogens with two attached hydrogens (primary N) is 1. The molecule has 1 fully saturated rings. The average Bonchev–Trinajstić information content (AvgIpc) is 2.06. The van der Waals surface area contributed by atoms with Crippen molar-refractivity contribution in [1.82, 2.24) is 5.32 Å². The molecule has 1 rings (SSSR count). The largest absolute Gasteiger partial charge is 0.369 e. The van der Waals surface area contributed by atoms with E-state index in [9.17, 15) is 4.79 Å². The predicted molar refractivity (Wildman–Crippen MR) is 55.3 cm³/mol. The molecule has 0 aromatic heterocycles. The fraction of sp³-hybridized carbons (Fsp3) is 0.900. The molecule has 1 saturated heterocycles. The number of rotatable bonds is 1. The minimum Gasteiger partial charge on any atom is -0.369 e. The fourth-order valence-electron chi connectivity index (χ4n) is 1.60. The third-order valence-corrected chi connectivity index (χ3v) is 2.20. The van der Waals surface area contributed by atoms with Crippen molar-refractivity contribution < 1.29 is 4.79 Å². The first-order chi connectivity index (χ1) is 6.01. The minimum atomic E-state index is -0.176. The summed E-state index contributed by atoms with van der Waals surface area (Å²) in [6.45, 7) is 10.0. The Bertz CT molecular complexity index is 166. The van der Waals surface area contributed by atoms with Gasteiger partial charge in [0.15, 0.2) is 0 Å². The summed E-state index contributed by atoms with van der Waals surface area (Å²) in [6.07, 6.45) is 0.912. The maximum absolute atomic E-state index is 10.8. The van der Waals surface area contributed by atoms with E-state index in [1.807, 2.05) is 13.8 Å². The average molecular weight is 186 g/mol. The van der Waals surface area contributed by atoms with Gasteiger partial charge in [0.25, 0.3) is 0 Å². The molecule has 78 valence electrons. The quantitative estimate of drug-likeness (QED) is 0.645. The molecule has 0 saturated carbocycles. The lowest BCUT2D eigenvalue weighted by molar-refractivity contribution is -0.123. The van der Waals surface area contributed by atoms with Gasteiger partial charge in [-0.05, 0) is 11.8 Å². The lowest BCUT2D eigenvalue weighted by Gasteiger charge is -2.34. The number of amides is 1. The molecule has 1 amide bonds. The third-order valence-electron chi connectivity index (χ3n) is 2.20. The van der Waals surface area contributed by atoms with Gasteiger partial charge in [-0.25, -0.2) is 0 Å². The number of piperidine rings is 1. The smallest absolute Gasteiger partial charge is 0.221 e. The van der Waals surface area contributed by atoms with Crippen molar-refractivity contribution in [3.8, 4) is 0 Å². The van der Waals surface area contributed by atoms with Crippen LogP contribution in [0.1, 0.15) is 34.1 Å². The summed E-state index contributed by atoms with van der Waals surface area (Å²) in [6, 6.07) is 0. The van der Waals surface area contributed by atoms with E-state index in [1.165, 1.54) is 0 Å². The second kappa shape index (κ2) is 5.22. The highest BCUT2D eigenvalue weighted by Gasteiger charge is 2.30. The molecule has 1 heterocycles. The summed E-state index contributed by atoms with van der Waals surface area (Å²) in [5.41, 5.74) is 5.43. The Hall–Kier alpha value is -0.570. The molecule has 13 heavy (non-hydrogen) atoms. The van der Waals surface area contributed by atoms with Crippen LogP contribution in [0.15, 0.2) is 0 Å². The van der Waals surface area contributed by atoms with Crippen LogP contribution in [0.3, 0.4) is 0 Å². The lowest BCUT2D eigenvalue weighted by Crippen LogP contribution is -2.45. The van der Waals surface area contributed by atoms with Crippen LogP contribution in [0.4, 0.5) is 0 Å². The number of primary amides is 1. The maximum atomic E-state index is 10.8. The van der Waals surface area contributed by atoms with E-state index in [-0.39, 0.29) is 17.2 Å². The molecule has 1 unspecified atom stereocenters. The summed E-state index contributed by atoms with van der Waals surface area (Å²) >= 11 is 0. The number of hydrogen-bond donors (Lipinski definition) is 2. The van der Waals surface area contributed by atoms with Crippen molar-refractivity contribution >= 4 is 5.91 Å². The van der Waals surface area contributed by atoms with E-state index in [1.54, 1.807) is 0 Å². The van der Waals surface area contributed by atoms with Gasteiger partial charge >= 0.3 is 0 Å². The van der Waals surface area contributed by atoms with Crippen LogP contribution in [-0.4, -0.2) is 19.0 Å². The Morgan fingerprint density at radius 1 is 1.46 bits per heavy atom. The maximum Gasteiger partial charge on any atom is 0.221 e. The molecule has 0 aromatic rings. The van der Waals surface area contributed by atoms with E-state index >= 15 is 0 Å². The standard InChI is InChI=1S/C8H16N2O.C2H6/c1-8(2)3-6(7(9)11)4-10-5-8;1-2/h6,10H,3-5H2,1-2H3,(H2,9,11);1-2H3. The minimum absolute atomic E-state index is 0.0266. The first-order valence-electron chi connectivity index (χ1n) is 5.01. The Balaban J connectivity index is 0.000000671. The zero-order chi connectivity index (χ0) is 10.5. The zero-order valence-electron chi connectivity index (χ0n) is 9.18. The summed E-state index contributed by atoms with van der Waals surface area (Å²) < 4.78 is 0. The van der Waals surface area contributed by atoms with Gasteiger partial charge in [0.2, 0.25) is 5.91 Å². The highest BCUT2D eigenvalue weighted by atomic mass is 16.1. The van der Waals surface area contributed by atoms with Crippen LogP contribution >= 0.6 is 0 Å². The molecule has 1 aliphatic rings. The molecule has 0 spiro atoms. The first-order valence-corrected chi connectivity index (χ1v) is 5.01. The SMILES string of the molecule is CC.CC1(C)CNCC(C(N)=O)C1. The predicted octanol–water partition coefficient (Wildman–Crippen LogP) is 1.13. The van der Waals surface area contributed by atoms with Crippen LogP contribution in [0, 0.1) is 11.3 Å². The van der Waals surface area contributed by atoms with Crippen molar-refractivity contribution in [3.05, 3.63) is 0 Å². The Morgan fingerprint density at radius 2 is 2.00 bits per heavy atom. The topological polar surface area (TPSA) is 55.1 Å². The van der Waals surface area contributed by atoms with Crippen LogP contribution in [0.2, 0.25) is 0 Å². The van der Waals surface area contributed by atoms with Crippen molar-refractivity contribution in [1.29, 1.82) is 0 Å². The summed E-state index contributed by atoms with van der Waals surface area (Å²) in [4.78, 5) is 10.8. The lowest BCUT2D eigenvalue weighted by atomic mass is 9.79. The van der Waals surface area contributed by atoms with Crippen LogP contribution < -0.4 is 11.1 Å². The molecule has 3 nitrogen and oxygen atoms in total. The van der Waals surface area contributed by atoms with Crippen LogP contribution in [0.25, 0.3) is 0 Å². The zero-order valence-corrected chi connectivity index (χ0v) is 9.18. The molecule has 0 aliphatic carbocycles. The highest BCUT2D eigenvalue weighted by Crippen LogP contribution is 2.27. The normalized spacial score (nSPS) is 25.7. The van der Waals surface area contributed by atoms with E-state index in [4.69, 9.17) is 5.73 Å². The van der Waals surface area contributed by atoms with Gasteiger partial charge in [-0.1, -0.05) is 27.7 Å². The van der Waals surface area contributed by atoms with Gasteiger partial charge in [-0.15, -0.1) is 0 Å². The van der Waals surface area contributed by atoms with Gasteiger partial charge < -0.3 is 11.1 Å². The molecule has 3 N–H and O–H groups in total. The summed E-state index contributed by atoms with van der Waals surface area (Å²) in [5.74, 6) is -0.149. The highest BCUT2D eigenvalue weighted by molar-refractivity contribution is 5.77. The molecule has 0 aromatic carbocycles. The van der Waals surface area contributed by atoms with Crippen molar-refractivity contribution in [2.45, 2.75) is 34.1 Å². The van der Waals surface area contributed by atoms with E-state index < -0.39 is 0 Å². The number of nitrogens with one attached hydrogen (secondary N) is 1. The summed E-state index contributed by atoms with van der Waals surface area (Å²) in [7, 11) is 0. The van der Waals surface area contributed by atoms with Gasteiger partial charge in [-0.2, -0.15) is 0 Å². The molecular weight excluding hydrogens is 164 g/mol. The van der Waals surface area contributed by atoms with Gasteiger partial charge in [0.1, 0.15) is 0 Å². The molecule has 0 radical (unpaired) electrons. The van der Waals surface area contributed by atoms with Crippen molar-refractivity contribution in [3.63, 3.8) is 0 Å². The number of carbonyl (C=O) groups excluding carboxylic acids is 1. The third kappa shape index (κ3) is 4.27. The van der Waals surface area contributed by atoms with Gasteiger partial charge in [-0.3, -0.25) is 4.79 Å². The Labute approximate surface area is 81.1 Å². The molecule has 1 aliphatic heterocycles. The monoisotopic (exact) mass is 186 g/mol. The number of carbonyl (C=O) groups is 1. The second-order valence-electron chi connectivity index (χ2n) is 4.10. The molecule has 0 bridgehead atoms. The van der Waals surface area contributed by atoms with Gasteiger partial charge in [0.05, 0.1) is 5.92 Å². The Kier molecular flexibility index (Phi) is 4.99. The van der Waals surface area contributed by atoms with E-state index in [0.29, 0.717) is 0 Å². The Morgan fingerprint density at radius 3 is 2.31 bits per heavy atom. The van der Waals surface area contributed by atoms with E-state index in [0.717, 1.165) is 19.5 Å². The van der Waals surface area contributed by atoms with Crippen molar-refractivity contribution in [2.24, 2.45) is 17.1 Å². The van der Waals surface area contributed by atoms with Crippen LogP contribution in [-0.2, 0) is 4.79 Å². The molecule has 3 heteroatoms. The first kappa shape index (κ1) is 12.4. The molecular formula is C10H22N2O. The van der Waals surface area contributed by atoms with Crippen LogP contribution in [0.5, 0.6) is 0 Å². The second-order valence-corrected chi connectivity index (χ2v) is 4.10. The van der Waals surface area contributed by atoms with E-state index in [2.05, 4.69) is 19.2 Å². The van der Waals surface area contributed by atoms with Crippen molar-refractivity contribution in [2.75, 3.05) is 13.1 Å².